The SMILES string of the molecule is CC1CC(C)(C)CC1Nc1cccc(CCCO)c1. The molecule has 0 bridgehead atoms. The minimum absolute atomic E-state index is 0.269. The van der Waals surface area contributed by atoms with Gasteiger partial charge < -0.3 is 10.4 Å². The lowest BCUT2D eigenvalue weighted by atomic mass is 9.91. The topological polar surface area (TPSA) is 32.3 Å². The third-order valence-electron chi connectivity index (χ3n) is 4.24. The summed E-state index contributed by atoms with van der Waals surface area (Å²) in [7, 11) is 0. The third-order valence-corrected chi connectivity index (χ3v) is 4.24. The van der Waals surface area contributed by atoms with Crippen LogP contribution in [0.4, 0.5) is 5.69 Å². The van der Waals surface area contributed by atoms with Crippen molar-refractivity contribution in [2.45, 2.75) is 52.5 Å². The van der Waals surface area contributed by atoms with Gasteiger partial charge in [-0.25, -0.2) is 0 Å². The van der Waals surface area contributed by atoms with Gasteiger partial charge in [0.1, 0.15) is 0 Å². The van der Waals surface area contributed by atoms with Gasteiger partial charge in [0.25, 0.3) is 0 Å². The molecule has 1 aliphatic rings. The molecule has 106 valence electrons. The van der Waals surface area contributed by atoms with Crippen LogP contribution in [0, 0.1) is 11.3 Å². The average Bonchev–Trinajstić information content (AvgIpc) is 2.60. The largest absolute Gasteiger partial charge is 0.396 e. The second-order valence-corrected chi connectivity index (χ2v) is 6.83. The van der Waals surface area contributed by atoms with Crippen LogP contribution in [-0.4, -0.2) is 17.8 Å². The van der Waals surface area contributed by atoms with Crippen molar-refractivity contribution in [1.29, 1.82) is 0 Å². The third kappa shape index (κ3) is 3.97. The van der Waals surface area contributed by atoms with Crippen molar-refractivity contribution in [3.8, 4) is 0 Å². The van der Waals surface area contributed by atoms with E-state index in [0.717, 1.165) is 18.8 Å². The van der Waals surface area contributed by atoms with Crippen LogP contribution in [0.1, 0.15) is 45.6 Å². The van der Waals surface area contributed by atoms with Crippen LogP contribution >= 0.6 is 0 Å². The van der Waals surface area contributed by atoms with Crippen molar-refractivity contribution in [2.75, 3.05) is 11.9 Å². The molecule has 19 heavy (non-hydrogen) atoms. The van der Waals surface area contributed by atoms with Gasteiger partial charge in [-0.2, -0.15) is 0 Å². The standard InChI is InChI=1S/C17H27NO/c1-13-11-17(2,3)12-16(13)18-15-8-4-6-14(10-15)7-5-9-19/h4,6,8,10,13,16,18-19H,5,7,9,11-12H2,1-3H3. The molecule has 0 amide bonds. The number of hydrogen-bond acceptors (Lipinski definition) is 2. The number of rotatable bonds is 5. The minimum Gasteiger partial charge on any atom is -0.396 e. The van der Waals surface area contributed by atoms with E-state index in [2.05, 4.69) is 50.4 Å². The summed E-state index contributed by atoms with van der Waals surface area (Å²) in [6.07, 6.45) is 4.35. The molecule has 0 radical (unpaired) electrons. The quantitative estimate of drug-likeness (QED) is 0.844. The number of nitrogens with one attached hydrogen (secondary N) is 1. The highest BCUT2D eigenvalue weighted by Crippen LogP contribution is 2.42. The van der Waals surface area contributed by atoms with Crippen LogP contribution in [-0.2, 0) is 6.42 Å². The lowest BCUT2D eigenvalue weighted by Gasteiger charge is -2.20. The molecule has 1 aromatic carbocycles. The van der Waals surface area contributed by atoms with Gasteiger partial charge in [0.2, 0.25) is 0 Å². The van der Waals surface area contributed by atoms with E-state index in [1.54, 1.807) is 0 Å². The molecule has 2 heteroatoms. The number of aryl methyl sites for hydroxylation is 1. The maximum atomic E-state index is 8.90. The first-order chi connectivity index (χ1) is 9.00. The van der Waals surface area contributed by atoms with Gasteiger partial charge in [-0.1, -0.05) is 32.9 Å². The molecule has 1 fully saturated rings. The first-order valence-corrected chi connectivity index (χ1v) is 7.46. The highest BCUT2D eigenvalue weighted by Gasteiger charge is 2.36. The predicted octanol–water partition coefficient (Wildman–Crippen LogP) is 3.85. The van der Waals surface area contributed by atoms with E-state index < -0.39 is 0 Å². The maximum absolute atomic E-state index is 8.90. The number of aliphatic hydroxyl groups is 1. The highest BCUT2D eigenvalue weighted by atomic mass is 16.2. The minimum atomic E-state index is 0.269. The first-order valence-electron chi connectivity index (χ1n) is 7.46. The van der Waals surface area contributed by atoms with E-state index in [4.69, 9.17) is 5.11 Å². The second-order valence-electron chi connectivity index (χ2n) is 6.83. The Kier molecular flexibility index (Phi) is 4.51. The monoisotopic (exact) mass is 261 g/mol. The maximum Gasteiger partial charge on any atom is 0.0434 e. The van der Waals surface area contributed by atoms with Gasteiger partial charge in [-0.15, -0.1) is 0 Å². The normalized spacial score (nSPS) is 25.5. The molecule has 2 nitrogen and oxygen atoms in total. The molecule has 2 rings (SSSR count). The molecule has 1 aliphatic carbocycles. The Morgan fingerprint density at radius 2 is 2.11 bits per heavy atom. The molecular weight excluding hydrogens is 234 g/mol. The molecule has 0 saturated heterocycles. The van der Waals surface area contributed by atoms with Gasteiger partial charge in [-0.05, 0) is 54.7 Å². The van der Waals surface area contributed by atoms with Gasteiger partial charge >= 0.3 is 0 Å². The van der Waals surface area contributed by atoms with Crippen molar-refractivity contribution < 1.29 is 5.11 Å². The predicted molar refractivity (Wildman–Crippen MR) is 81.4 cm³/mol. The lowest BCUT2D eigenvalue weighted by Crippen LogP contribution is -2.22. The van der Waals surface area contributed by atoms with Crippen LogP contribution in [0.3, 0.4) is 0 Å². The number of benzene rings is 1. The highest BCUT2D eigenvalue weighted by molar-refractivity contribution is 5.47. The van der Waals surface area contributed by atoms with Crippen LogP contribution in [0.2, 0.25) is 0 Å². The fourth-order valence-corrected chi connectivity index (χ4v) is 3.40. The fraction of sp³-hybridized carbons (Fsp3) is 0.647. The second kappa shape index (κ2) is 5.96. The van der Waals surface area contributed by atoms with Crippen molar-refractivity contribution >= 4 is 5.69 Å². The van der Waals surface area contributed by atoms with Crippen LogP contribution in [0.5, 0.6) is 0 Å². The Morgan fingerprint density at radius 1 is 1.32 bits per heavy atom. The number of hydrogen-bond donors (Lipinski definition) is 2. The summed E-state index contributed by atoms with van der Waals surface area (Å²) in [5.41, 5.74) is 3.00. The lowest BCUT2D eigenvalue weighted by molar-refractivity contribution is 0.288. The van der Waals surface area contributed by atoms with E-state index in [-0.39, 0.29) is 6.61 Å². The molecule has 2 atom stereocenters. The summed E-state index contributed by atoms with van der Waals surface area (Å²) in [5.74, 6) is 0.732. The summed E-state index contributed by atoms with van der Waals surface area (Å²) in [5, 5.41) is 12.6. The van der Waals surface area contributed by atoms with E-state index in [1.165, 1.54) is 24.1 Å². The molecule has 2 unspecified atom stereocenters. The van der Waals surface area contributed by atoms with Crippen molar-refractivity contribution in [1.82, 2.24) is 0 Å². The van der Waals surface area contributed by atoms with E-state index >= 15 is 0 Å². The van der Waals surface area contributed by atoms with Crippen molar-refractivity contribution in [3.63, 3.8) is 0 Å². The molecule has 0 aromatic heterocycles. The number of anilines is 1. The van der Waals surface area contributed by atoms with Gasteiger partial charge in [0, 0.05) is 18.3 Å². The van der Waals surface area contributed by atoms with Crippen molar-refractivity contribution in [2.24, 2.45) is 11.3 Å². The molecule has 0 heterocycles. The zero-order chi connectivity index (χ0) is 13.9. The van der Waals surface area contributed by atoms with Gasteiger partial charge in [0.15, 0.2) is 0 Å². The smallest absolute Gasteiger partial charge is 0.0434 e. The van der Waals surface area contributed by atoms with E-state index in [0.29, 0.717) is 11.5 Å². The Morgan fingerprint density at radius 3 is 2.74 bits per heavy atom. The van der Waals surface area contributed by atoms with Crippen LogP contribution in [0.15, 0.2) is 24.3 Å². The molecule has 0 aliphatic heterocycles. The van der Waals surface area contributed by atoms with E-state index in [9.17, 15) is 0 Å². The Hall–Kier alpha value is -1.02. The summed E-state index contributed by atoms with van der Waals surface area (Å²) in [6, 6.07) is 9.22. The average molecular weight is 261 g/mol. The first kappa shape index (κ1) is 14.4. The summed E-state index contributed by atoms with van der Waals surface area (Å²) < 4.78 is 0. The molecule has 1 aromatic rings. The summed E-state index contributed by atoms with van der Waals surface area (Å²) >= 11 is 0. The molecule has 1 saturated carbocycles. The number of aliphatic hydroxyl groups excluding tert-OH is 1. The van der Waals surface area contributed by atoms with Crippen molar-refractivity contribution in [3.05, 3.63) is 29.8 Å². The zero-order valence-electron chi connectivity index (χ0n) is 12.4. The van der Waals surface area contributed by atoms with Crippen LogP contribution < -0.4 is 5.32 Å². The van der Waals surface area contributed by atoms with E-state index in [1.807, 2.05) is 0 Å². The Labute approximate surface area is 117 Å². The molecule has 2 N–H and O–H groups in total. The summed E-state index contributed by atoms with van der Waals surface area (Å²) in [4.78, 5) is 0. The zero-order valence-corrected chi connectivity index (χ0v) is 12.4. The fourth-order valence-electron chi connectivity index (χ4n) is 3.40. The molecule has 0 spiro atoms. The van der Waals surface area contributed by atoms with Gasteiger partial charge in [-0.3, -0.25) is 0 Å². The Bertz CT molecular complexity index is 413. The van der Waals surface area contributed by atoms with Crippen LogP contribution in [0.25, 0.3) is 0 Å². The van der Waals surface area contributed by atoms with Gasteiger partial charge in [0.05, 0.1) is 0 Å². The molecular formula is C17H27NO. The Balaban J connectivity index is 1.99. The summed E-state index contributed by atoms with van der Waals surface area (Å²) in [6.45, 7) is 7.35.